The van der Waals surface area contributed by atoms with Crippen LogP contribution in [-0.4, -0.2) is 39.9 Å². The van der Waals surface area contributed by atoms with E-state index >= 15 is 0 Å². The number of hydrogen-bond donors (Lipinski definition) is 1. The van der Waals surface area contributed by atoms with Crippen LogP contribution in [0.5, 0.6) is 0 Å². The zero-order valence-corrected chi connectivity index (χ0v) is 13.8. The molecule has 0 fully saturated rings. The fraction of sp³-hybridized carbons (Fsp3) is 0.588. The lowest BCUT2D eigenvalue weighted by atomic mass is 10.1. The van der Waals surface area contributed by atoms with E-state index in [0.29, 0.717) is 6.61 Å². The minimum Gasteiger partial charge on any atom is -0.372 e. The molecule has 0 saturated heterocycles. The lowest BCUT2D eigenvalue weighted by Gasteiger charge is -2.31. The summed E-state index contributed by atoms with van der Waals surface area (Å²) in [6, 6.07) is 9.53. The predicted molar refractivity (Wildman–Crippen MR) is 85.5 cm³/mol. The molecule has 22 heavy (non-hydrogen) atoms. The summed E-state index contributed by atoms with van der Waals surface area (Å²) in [5.74, 6) is -1.16. The number of hydrogen-bond acceptors (Lipinski definition) is 4. The average Bonchev–Trinajstić information content (AvgIpc) is 2.57. The number of carbonyl (C=O) groups is 1. The highest BCUT2D eigenvalue weighted by atomic mass is 16.7. The van der Waals surface area contributed by atoms with Gasteiger partial charge in [-0.3, -0.25) is 4.79 Å². The van der Waals surface area contributed by atoms with Crippen molar-refractivity contribution in [2.45, 2.75) is 32.0 Å². The Labute approximate surface area is 132 Å². The molecule has 0 atom stereocenters. The van der Waals surface area contributed by atoms with E-state index in [1.165, 1.54) is 0 Å². The Morgan fingerprint density at radius 3 is 2.41 bits per heavy atom. The van der Waals surface area contributed by atoms with Crippen molar-refractivity contribution in [1.29, 1.82) is 0 Å². The second kappa shape index (κ2) is 10.3. The highest BCUT2D eigenvalue weighted by Gasteiger charge is 2.32. The average molecular weight is 309 g/mol. The van der Waals surface area contributed by atoms with Gasteiger partial charge in [0.05, 0.1) is 6.54 Å². The van der Waals surface area contributed by atoms with Gasteiger partial charge in [0.1, 0.15) is 6.61 Å². The Kier molecular flexibility index (Phi) is 8.74. The summed E-state index contributed by atoms with van der Waals surface area (Å²) >= 11 is 0. The fourth-order valence-corrected chi connectivity index (χ4v) is 2.14. The minimum absolute atomic E-state index is 0.0576. The molecule has 1 amide bonds. The van der Waals surface area contributed by atoms with Crippen molar-refractivity contribution in [2.24, 2.45) is 0 Å². The van der Waals surface area contributed by atoms with Crippen molar-refractivity contribution < 1.29 is 19.0 Å². The van der Waals surface area contributed by atoms with Crippen molar-refractivity contribution in [3.8, 4) is 0 Å². The van der Waals surface area contributed by atoms with Gasteiger partial charge in [-0.15, -0.1) is 0 Å². The summed E-state index contributed by atoms with van der Waals surface area (Å²) in [5.41, 5.74) is 0.851. The monoisotopic (exact) mass is 309 g/mol. The van der Waals surface area contributed by atoms with E-state index in [4.69, 9.17) is 14.2 Å². The molecule has 1 aromatic rings. The molecule has 5 nitrogen and oxygen atoms in total. The second-order valence-corrected chi connectivity index (χ2v) is 5.06. The number of methoxy groups -OCH3 is 2. The van der Waals surface area contributed by atoms with Gasteiger partial charge in [-0.25, -0.2) is 0 Å². The van der Waals surface area contributed by atoms with Crippen molar-refractivity contribution >= 4 is 5.91 Å². The smallest absolute Gasteiger partial charge is 0.246 e. The molecule has 5 heteroatoms. The summed E-state index contributed by atoms with van der Waals surface area (Å²) in [7, 11) is 3.12. The maximum absolute atomic E-state index is 11.8. The van der Waals surface area contributed by atoms with E-state index in [2.05, 4.69) is 12.2 Å². The van der Waals surface area contributed by atoms with E-state index in [1.807, 2.05) is 30.3 Å². The fourth-order valence-electron chi connectivity index (χ4n) is 2.14. The van der Waals surface area contributed by atoms with Gasteiger partial charge >= 0.3 is 0 Å². The van der Waals surface area contributed by atoms with Gasteiger partial charge in [0, 0.05) is 26.4 Å². The van der Waals surface area contributed by atoms with Gasteiger partial charge in [0.15, 0.2) is 0 Å². The Morgan fingerprint density at radius 1 is 1.14 bits per heavy atom. The molecule has 1 rings (SSSR count). The van der Waals surface area contributed by atoms with Crippen molar-refractivity contribution in [3.05, 3.63) is 35.9 Å². The molecule has 0 spiro atoms. The number of ether oxygens (including phenoxy) is 3. The van der Waals surface area contributed by atoms with Gasteiger partial charge in [0.25, 0.3) is 0 Å². The first-order chi connectivity index (χ1) is 10.7. The number of unbranched alkanes of at least 4 members (excludes halogenated alkanes) is 2. The number of nitrogens with one attached hydrogen (secondary N) is 1. The molecule has 0 heterocycles. The van der Waals surface area contributed by atoms with E-state index in [0.717, 1.165) is 24.8 Å². The van der Waals surface area contributed by atoms with Crippen LogP contribution in [0.15, 0.2) is 30.3 Å². The number of amides is 1. The molecule has 1 N–H and O–H groups in total. The molecule has 0 aliphatic heterocycles. The van der Waals surface area contributed by atoms with Crippen LogP contribution < -0.4 is 5.32 Å². The van der Waals surface area contributed by atoms with Crippen LogP contribution in [0.1, 0.15) is 31.7 Å². The standard InChI is InChI=1S/C17H27NO4/c1-4-5-9-12-22-13-16(19)18-14-17(20-2,21-3)15-10-7-6-8-11-15/h6-8,10-11H,4-5,9,12-14H2,1-3H3,(H,18,19). The van der Waals surface area contributed by atoms with E-state index in [1.54, 1.807) is 14.2 Å². The summed E-state index contributed by atoms with van der Waals surface area (Å²) in [5, 5.41) is 2.80. The lowest BCUT2D eigenvalue weighted by Crippen LogP contribution is -2.44. The third kappa shape index (κ3) is 5.75. The topological polar surface area (TPSA) is 56.8 Å². The van der Waals surface area contributed by atoms with Crippen LogP contribution in [0.2, 0.25) is 0 Å². The van der Waals surface area contributed by atoms with Crippen molar-refractivity contribution in [1.82, 2.24) is 5.32 Å². The van der Waals surface area contributed by atoms with Gasteiger partial charge < -0.3 is 19.5 Å². The summed E-state index contributed by atoms with van der Waals surface area (Å²) in [6.45, 7) is 3.02. The van der Waals surface area contributed by atoms with Crippen LogP contribution in [0, 0.1) is 0 Å². The highest BCUT2D eigenvalue weighted by molar-refractivity contribution is 5.77. The van der Waals surface area contributed by atoms with Gasteiger partial charge in [0.2, 0.25) is 11.7 Å². The summed E-state index contributed by atoms with van der Waals surface area (Å²) < 4.78 is 16.3. The molecule has 0 radical (unpaired) electrons. The normalized spacial score (nSPS) is 11.4. The summed E-state index contributed by atoms with van der Waals surface area (Å²) in [4.78, 5) is 11.8. The first kappa shape index (κ1) is 18.6. The molecule has 0 aromatic heterocycles. The quantitative estimate of drug-likeness (QED) is 0.504. The van der Waals surface area contributed by atoms with Crippen molar-refractivity contribution in [3.63, 3.8) is 0 Å². The third-order valence-electron chi connectivity index (χ3n) is 3.52. The Hall–Kier alpha value is -1.43. The SMILES string of the molecule is CCCCCOCC(=O)NCC(OC)(OC)c1ccccc1. The largest absolute Gasteiger partial charge is 0.372 e. The molecular weight excluding hydrogens is 282 g/mol. The molecular formula is C17H27NO4. The van der Waals surface area contributed by atoms with Gasteiger partial charge in [-0.05, 0) is 6.42 Å². The van der Waals surface area contributed by atoms with Crippen LogP contribution >= 0.6 is 0 Å². The molecule has 0 bridgehead atoms. The first-order valence-electron chi connectivity index (χ1n) is 7.68. The molecule has 1 aromatic carbocycles. The Morgan fingerprint density at radius 2 is 1.82 bits per heavy atom. The first-order valence-corrected chi connectivity index (χ1v) is 7.68. The predicted octanol–water partition coefficient (Wildman–Crippen LogP) is 2.46. The molecule has 124 valence electrons. The van der Waals surface area contributed by atoms with Gasteiger partial charge in [-0.1, -0.05) is 50.1 Å². The number of rotatable bonds is 11. The highest BCUT2D eigenvalue weighted by Crippen LogP contribution is 2.24. The number of benzene rings is 1. The molecule has 0 unspecified atom stereocenters. The summed E-state index contributed by atoms with van der Waals surface area (Å²) in [6.07, 6.45) is 3.23. The van der Waals surface area contributed by atoms with Crippen LogP contribution in [0.3, 0.4) is 0 Å². The van der Waals surface area contributed by atoms with E-state index in [9.17, 15) is 4.79 Å². The van der Waals surface area contributed by atoms with Crippen LogP contribution in [0.25, 0.3) is 0 Å². The Bertz CT molecular complexity index is 418. The Balaban J connectivity index is 2.46. The van der Waals surface area contributed by atoms with E-state index < -0.39 is 5.79 Å². The molecule has 0 aliphatic rings. The lowest BCUT2D eigenvalue weighted by molar-refractivity contribution is -0.212. The van der Waals surface area contributed by atoms with Crippen LogP contribution in [0.4, 0.5) is 0 Å². The van der Waals surface area contributed by atoms with Crippen molar-refractivity contribution in [2.75, 3.05) is 34.0 Å². The zero-order chi connectivity index (χ0) is 16.3. The minimum atomic E-state index is -0.987. The van der Waals surface area contributed by atoms with Gasteiger partial charge in [-0.2, -0.15) is 0 Å². The van der Waals surface area contributed by atoms with E-state index in [-0.39, 0.29) is 19.1 Å². The number of carbonyl (C=O) groups excluding carboxylic acids is 1. The maximum Gasteiger partial charge on any atom is 0.246 e. The second-order valence-electron chi connectivity index (χ2n) is 5.06. The van der Waals surface area contributed by atoms with Crippen LogP contribution in [-0.2, 0) is 24.8 Å². The molecule has 0 aliphatic carbocycles. The molecule has 0 saturated carbocycles. The zero-order valence-electron chi connectivity index (χ0n) is 13.8. The maximum atomic E-state index is 11.8. The third-order valence-corrected chi connectivity index (χ3v) is 3.52.